The average molecular weight is 319 g/mol. The first kappa shape index (κ1) is 15.0. The summed E-state index contributed by atoms with van der Waals surface area (Å²) in [6, 6.07) is 18.0. The monoisotopic (exact) mass is 319 g/mol. The highest BCUT2D eigenvalue weighted by Crippen LogP contribution is 2.23. The van der Waals surface area contributed by atoms with Gasteiger partial charge in [-0.25, -0.2) is 0 Å². The molecule has 1 aromatic heterocycles. The van der Waals surface area contributed by atoms with Crippen LogP contribution in [0.15, 0.2) is 60.8 Å². The van der Waals surface area contributed by atoms with Crippen molar-refractivity contribution in [2.24, 2.45) is 0 Å². The van der Waals surface area contributed by atoms with Crippen LogP contribution in [0.2, 0.25) is 0 Å². The number of fused-ring (bicyclic) bond motifs is 1. The zero-order valence-electron chi connectivity index (χ0n) is 13.6. The van der Waals surface area contributed by atoms with Crippen molar-refractivity contribution in [2.45, 2.75) is 6.54 Å². The third-order valence-corrected chi connectivity index (χ3v) is 4.70. The number of rotatable bonds is 3. The summed E-state index contributed by atoms with van der Waals surface area (Å²) in [7, 11) is 0. The predicted octanol–water partition coefficient (Wildman–Crippen LogP) is 3.26. The number of phenolic OH excluding ortho intramolecular Hbond substituents is 1. The standard InChI is InChI=1S/C20H21N3O/c24-20-8-4-2-6-17(20)15-22-9-11-23(12-10-22)18-13-16-5-1-3-7-19(16)21-14-18/h1-8,13-14,24H,9-12,15H2. The summed E-state index contributed by atoms with van der Waals surface area (Å²) in [6.45, 7) is 4.74. The minimum absolute atomic E-state index is 0.388. The molecule has 1 saturated heterocycles. The van der Waals surface area contributed by atoms with Gasteiger partial charge >= 0.3 is 0 Å². The normalized spacial score (nSPS) is 15.8. The van der Waals surface area contributed by atoms with Crippen LogP contribution in [0.1, 0.15) is 5.56 Å². The molecule has 4 nitrogen and oxygen atoms in total. The molecule has 2 heterocycles. The van der Waals surface area contributed by atoms with Gasteiger partial charge in [0.05, 0.1) is 17.4 Å². The first-order valence-corrected chi connectivity index (χ1v) is 8.38. The van der Waals surface area contributed by atoms with Crippen LogP contribution < -0.4 is 4.90 Å². The molecule has 0 atom stereocenters. The van der Waals surface area contributed by atoms with E-state index >= 15 is 0 Å². The first-order chi connectivity index (χ1) is 11.8. The van der Waals surface area contributed by atoms with Crippen LogP contribution in [0.5, 0.6) is 5.75 Å². The fraction of sp³-hybridized carbons (Fsp3) is 0.250. The minimum Gasteiger partial charge on any atom is -0.508 e. The molecule has 4 rings (SSSR count). The highest BCUT2D eigenvalue weighted by molar-refractivity contribution is 5.81. The average Bonchev–Trinajstić information content (AvgIpc) is 2.64. The largest absolute Gasteiger partial charge is 0.508 e. The summed E-state index contributed by atoms with van der Waals surface area (Å²) >= 11 is 0. The molecule has 0 bridgehead atoms. The molecule has 24 heavy (non-hydrogen) atoms. The molecule has 1 fully saturated rings. The van der Waals surface area contributed by atoms with Gasteiger partial charge in [-0.3, -0.25) is 9.88 Å². The lowest BCUT2D eigenvalue weighted by Gasteiger charge is -2.36. The van der Waals surface area contributed by atoms with Crippen LogP contribution in [0.4, 0.5) is 5.69 Å². The smallest absolute Gasteiger partial charge is 0.120 e. The van der Waals surface area contributed by atoms with Crippen molar-refractivity contribution in [1.82, 2.24) is 9.88 Å². The third-order valence-electron chi connectivity index (χ3n) is 4.70. The predicted molar refractivity (Wildman–Crippen MR) is 97.3 cm³/mol. The number of pyridine rings is 1. The molecular formula is C20H21N3O. The Labute approximate surface area is 142 Å². The lowest BCUT2D eigenvalue weighted by Crippen LogP contribution is -2.46. The molecule has 1 N–H and O–H groups in total. The number of hydrogen-bond donors (Lipinski definition) is 1. The second-order valence-corrected chi connectivity index (χ2v) is 6.28. The molecule has 0 spiro atoms. The maximum absolute atomic E-state index is 9.93. The topological polar surface area (TPSA) is 39.6 Å². The number of aromatic nitrogens is 1. The summed E-state index contributed by atoms with van der Waals surface area (Å²) in [5.74, 6) is 0.388. The number of piperazine rings is 1. The number of aromatic hydroxyl groups is 1. The van der Waals surface area contributed by atoms with Crippen LogP contribution >= 0.6 is 0 Å². The lowest BCUT2D eigenvalue weighted by atomic mass is 10.1. The van der Waals surface area contributed by atoms with Gasteiger partial charge < -0.3 is 10.0 Å². The zero-order valence-corrected chi connectivity index (χ0v) is 13.6. The minimum atomic E-state index is 0.388. The lowest BCUT2D eigenvalue weighted by molar-refractivity contribution is 0.247. The van der Waals surface area contributed by atoms with Gasteiger partial charge in [0.1, 0.15) is 5.75 Å². The maximum Gasteiger partial charge on any atom is 0.120 e. The Bertz CT molecular complexity index is 841. The van der Waals surface area contributed by atoms with E-state index in [2.05, 4.69) is 33.0 Å². The Morgan fingerprint density at radius 3 is 2.50 bits per heavy atom. The summed E-state index contributed by atoms with van der Waals surface area (Å²) in [5.41, 5.74) is 3.23. The molecule has 0 unspecified atom stereocenters. The van der Waals surface area contributed by atoms with E-state index in [1.165, 1.54) is 11.1 Å². The Hall–Kier alpha value is -2.59. The van der Waals surface area contributed by atoms with Crippen molar-refractivity contribution < 1.29 is 5.11 Å². The maximum atomic E-state index is 9.93. The molecular weight excluding hydrogens is 298 g/mol. The van der Waals surface area contributed by atoms with E-state index in [0.29, 0.717) is 5.75 Å². The van der Waals surface area contributed by atoms with E-state index in [1.54, 1.807) is 6.07 Å². The van der Waals surface area contributed by atoms with Crippen molar-refractivity contribution in [3.63, 3.8) is 0 Å². The van der Waals surface area contributed by atoms with E-state index in [1.807, 2.05) is 36.5 Å². The number of anilines is 1. The Balaban J connectivity index is 1.42. The molecule has 1 aliphatic rings. The van der Waals surface area contributed by atoms with Gasteiger partial charge in [-0.1, -0.05) is 36.4 Å². The molecule has 1 aliphatic heterocycles. The Kier molecular flexibility index (Phi) is 4.05. The van der Waals surface area contributed by atoms with Crippen molar-refractivity contribution >= 4 is 16.6 Å². The Morgan fingerprint density at radius 1 is 0.917 bits per heavy atom. The molecule has 0 saturated carbocycles. The molecule has 0 amide bonds. The van der Waals surface area contributed by atoms with Gasteiger partial charge in [0.15, 0.2) is 0 Å². The van der Waals surface area contributed by atoms with Gasteiger partial charge in [-0.05, 0) is 18.2 Å². The first-order valence-electron chi connectivity index (χ1n) is 8.38. The highest BCUT2D eigenvalue weighted by Gasteiger charge is 2.18. The van der Waals surface area contributed by atoms with E-state index in [-0.39, 0.29) is 0 Å². The Morgan fingerprint density at radius 2 is 1.67 bits per heavy atom. The number of nitrogens with zero attached hydrogens (tertiary/aromatic N) is 3. The van der Waals surface area contributed by atoms with Gasteiger partial charge in [-0.2, -0.15) is 0 Å². The molecule has 4 heteroatoms. The van der Waals surface area contributed by atoms with E-state index in [4.69, 9.17) is 0 Å². The van der Waals surface area contributed by atoms with Crippen molar-refractivity contribution in [1.29, 1.82) is 0 Å². The SMILES string of the molecule is Oc1ccccc1CN1CCN(c2cnc3ccccc3c2)CC1. The molecule has 0 radical (unpaired) electrons. The number of benzene rings is 2. The zero-order chi connectivity index (χ0) is 16.4. The molecule has 2 aromatic carbocycles. The molecule has 0 aliphatic carbocycles. The third kappa shape index (κ3) is 3.05. The van der Waals surface area contributed by atoms with Crippen LogP contribution in [0.25, 0.3) is 10.9 Å². The van der Waals surface area contributed by atoms with Crippen LogP contribution in [0.3, 0.4) is 0 Å². The summed E-state index contributed by atoms with van der Waals surface area (Å²) < 4.78 is 0. The fourth-order valence-electron chi connectivity index (χ4n) is 3.28. The van der Waals surface area contributed by atoms with Crippen molar-refractivity contribution in [2.75, 3.05) is 31.1 Å². The second-order valence-electron chi connectivity index (χ2n) is 6.28. The van der Waals surface area contributed by atoms with Crippen LogP contribution in [-0.4, -0.2) is 41.2 Å². The summed E-state index contributed by atoms with van der Waals surface area (Å²) in [6.07, 6.45) is 1.97. The van der Waals surface area contributed by atoms with E-state index < -0.39 is 0 Å². The fourth-order valence-corrected chi connectivity index (χ4v) is 3.28. The van der Waals surface area contributed by atoms with Crippen molar-refractivity contribution in [3.8, 4) is 5.75 Å². The van der Waals surface area contributed by atoms with E-state index in [0.717, 1.165) is 43.8 Å². The van der Waals surface area contributed by atoms with Crippen LogP contribution in [0, 0.1) is 0 Å². The molecule has 122 valence electrons. The highest BCUT2D eigenvalue weighted by atomic mass is 16.3. The van der Waals surface area contributed by atoms with E-state index in [9.17, 15) is 5.11 Å². The molecule has 3 aromatic rings. The number of phenols is 1. The van der Waals surface area contributed by atoms with Crippen molar-refractivity contribution in [3.05, 3.63) is 66.4 Å². The second kappa shape index (κ2) is 6.49. The quantitative estimate of drug-likeness (QED) is 0.804. The summed E-state index contributed by atoms with van der Waals surface area (Å²) in [5, 5.41) is 11.1. The van der Waals surface area contributed by atoms with Gasteiger partial charge in [0.2, 0.25) is 0 Å². The summed E-state index contributed by atoms with van der Waals surface area (Å²) in [4.78, 5) is 9.34. The van der Waals surface area contributed by atoms with Gasteiger partial charge in [-0.15, -0.1) is 0 Å². The van der Waals surface area contributed by atoms with Gasteiger partial charge in [0, 0.05) is 43.7 Å². The van der Waals surface area contributed by atoms with Gasteiger partial charge in [0.25, 0.3) is 0 Å². The van der Waals surface area contributed by atoms with Crippen LogP contribution in [-0.2, 0) is 6.54 Å². The number of hydrogen-bond acceptors (Lipinski definition) is 4. The number of para-hydroxylation sites is 2.